The van der Waals surface area contributed by atoms with Crippen molar-refractivity contribution in [3.63, 3.8) is 0 Å². The number of likely N-dealkylation sites (tertiary alicyclic amines) is 1. The summed E-state index contributed by atoms with van der Waals surface area (Å²) in [5, 5.41) is 13.9. The number of aromatic nitrogens is 2. The van der Waals surface area contributed by atoms with Crippen molar-refractivity contribution in [2.45, 2.75) is 25.9 Å². The van der Waals surface area contributed by atoms with E-state index in [0.29, 0.717) is 6.54 Å². The number of nitrogens with one attached hydrogen (secondary N) is 1. The van der Waals surface area contributed by atoms with Crippen molar-refractivity contribution >= 4 is 23.1 Å². The van der Waals surface area contributed by atoms with Gasteiger partial charge in [-0.25, -0.2) is 4.98 Å². The molecule has 1 saturated heterocycles. The van der Waals surface area contributed by atoms with Crippen LogP contribution in [-0.4, -0.2) is 32.9 Å². The van der Waals surface area contributed by atoms with Crippen molar-refractivity contribution < 1.29 is 4.92 Å². The van der Waals surface area contributed by atoms with E-state index in [0.717, 1.165) is 18.3 Å². The van der Waals surface area contributed by atoms with E-state index in [1.807, 2.05) is 12.1 Å². The first-order chi connectivity index (χ1) is 11.6. The quantitative estimate of drug-likeness (QED) is 0.490. The zero-order valence-corrected chi connectivity index (χ0v) is 13.9. The summed E-state index contributed by atoms with van der Waals surface area (Å²) in [7, 11) is 0. The van der Waals surface area contributed by atoms with Crippen LogP contribution in [0.5, 0.6) is 0 Å². The lowest BCUT2D eigenvalue weighted by atomic mass is 10.1. The van der Waals surface area contributed by atoms with Gasteiger partial charge in [0.2, 0.25) is 11.1 Å². The maximum Gasteiger partial charge on any atom is 0.329 e. The highest BCUT2D eigenvalue weighted by Crippen LogP contribution is 2.22. The molecule has 3 rings (SSSR count). The van der Waals surface area contributed by atoms with Crippen LogP contribution in [0.4, 0.5) is 11.5 Å². The number of halogens is 1. The van der Waals surface area contributed by atoms with Crippen molar-refractivity contribution in [3.8, 4) is 0 Å². The average Bonchev–Trinajstić information content (AvgIpc) is 3.07. The lowest BCUT2D eigenvalue weighted by Crippen LogP contribution is -2.18. The van der Waals surface area contributed by atoms with Gasteiger partial charge in [0, 0.05) is 13.1 Å². The Balaban J connectivity index is 1.62. The van der Waals surface area contributed by atoms with E-state index >= 15 is 0 Å². The fourth-order valence-corrected chi connectivity index (χ4v) is 2.90. The lowest BCUT2D eigenvalue weighted by molar-refractivity contribution is -0.384. The molecule has 0 amide bonds. The smallest absolute Gasteiger partial charge is 0.329 e. The van der Waals surface area contributed by atoms with E-state index < -0.39 is 4.92 Å². The molecular formula is C16H18ClN5O2. The van der Waals surface area contributed by atoms with Crippen LogP contribution in [0.25, 0.3) is 0 Å². The van der Waals surface area contributed by atoms with E-state index in [-0.39, 0.29) is 16.8 Å². The lowest BCUT2D eigenvalue weighted by Gasteiger charge is -2.14. The number of rotatable bonds is 6. The predicted molar refractivity (Wildman–Crippen MR) is 92.0 cm³/mol. The number of anilines is 1. The first-order valence-electron chi connectivity index (χ1n) is 7.83. The molecule has 0 unspecified atom stereocenters. The van der Waals surface area contributed by atoms with Gasteiger partial charge in [0.1, 0.15) is 6.20 Å². The molecule has 1 aliphatic heterocycles. The predicted octanol–water partition coefficient (Wildman–Crippen LogP) is 3.25. The third-order valence-corrected chi connectivity index (χ3v) is 4.21. The van der Waals surface area contributed by atoms with Crippen LogP contribution in [0.15, 0.2) is 30.5 Å². The highest BCUT2D eigenvalue weighted by molar-refractivity contribution is 6.28. The fourth-order valence-electron chi connectivity index (χ4n) is 2.76. The summed E-state index contributed by atoms with van der Waals surface area (Å²) < 4.78 is 0. The average molecular weight is 348 g/mol. The van der Waals surface area contributed by atoms with Gasteiger partial charge in [-0.15, -0.1) is 0 Å². The van der Waals surface area contributed by atoms with Crippen molar-refractivity contribution in [1.82, 2.24) is 14.9 Å². The highest BCUT2D eigenvalue weighted by Gasteiger charge is 2.16. The molecule has 0 bridgehead atoms. The molecule has 1 aliphatic rings. The molecular weight excluding hydrogens is 330 g/mol. The summed E-state index contributed by atoms with van der Waals surface area (Å²) >= 11 is 5.72. The zero-order valence-electron chi connectivity index (χ0n) is 13.1. The first kappa shape index (κ1) is 16.6. The Morgan fingerprint density at radius 2 is 1.88 bits per heavy atom. The molecule has 0 radical (unpaired) electrons. The van der Waals surface area contributed by atoms with Gasteiger partial charge in [-0.2, -0.15) is 4.98 Å². The second kappa shape index (κ2) is 7.55. The van der Waals surface area contributed by atoms with Crippen LogP contribution < -0.4 is 5.32 Å². The third kappa shape index (κ3) is 4.18. The SMILES string of the molecule is O=[N+]([O-])c1cnc(Cl)nc1NCc1ccc(CN2CCCC2)cc1. The molecule has 0 spiro atoms. The Bertz CT molecular complexity index is 717. The number of nitro groups is 1. The van der Waals surface area contributed by atoms with Gasteiger partial charge in [0.05, 0.1) is 4.92 Å². The van der Waals surface area contributed by atoms with Gasteiger partial charge in [0.25, 0.3) is 0 Å². The second-order valence-electron chi connectivity index (χ2n) is 5.78. The van der Waals surface area contributed by atoms with Crippen molar-refractivity contribution in [3.05, 3.63) is 57.0 Å². The monoisotopic (exact) mass is 347 g/mol. The Hall–Kier alpha value is -2.25. The van der Waals surface area contributed by atoms with Crippen LogP contribution in [0, 0.1) is 10.1 Å². The van der Waals surface area contributed by atoms with Gasteiger partial charge in [-0.1, -0.05) is 24.3 Å². The normalized spacial score (nSPS) is 14.7. The fraction of sp³-hybridized carbons (Fsp3) is 0.375. The number of hydrogen-bond donors (Lipinski definition) is 1. The van der Waals surface area contributed by atoms with Gasteiger partial charge in [0.15, 0.2) is 0 Å². The number of nitrogens with zero attached hydrogens (tertiary/aromatic N) is 4. The minimum atomic E-state index is -0.530. The van der Waals surface area contributed by atoms with Gasteiger partial charge in [-0.05, 0) is 48.7 Å². The molecule has 0 atom stereocenters. The second-order valence-corrected chi connectivity index (χ2v) is 6.12. The van der Waals surface area contributed by atoms with Gasteiger partial charge in [-0.3, -0.25) is 15.0 Å². The van der Waals surface area contributed by atoms with Crippen LogP contribution in [-0.2, 0) is 13.1 Å². The van der Waals surface area contributed by atoms with Crippen LogP contribution >= 0.6 is 11.6 Å². The zero-order chi connectivity index (χ0) is 16.9. The molecule has 126 valence electrons. The minimum Gasteiger partial charge on any atom is -0.360 e. The number of benzene rings is 1. The molecule has 24 heavy (non-hydrogen) atoms. The maximum absolute atomic E-state index is 11.0. The van der Waals surface area contributed by atoms with E-state index in [9.17, 15) is 10.1 Å². The molecule has 0 aliphatic carbocycles. The summed E-state index contributed by atoms with van der Waals surface area (Å²) in [5.74, 6) is 0.126. The summed E-state index contributed by atoms with van der Waals surface area (Å²) in [5.41, 5.74) is 2.10. The largest absolute Gasteiger partial charge is 0.360 e. The minimum absolute atomic E-state index is 0.0240. The van der Waals surface area contributed by atoms with Crippen LogP contribution in [0.2, 0.25) is 5.28 Å². The topological polar surface area (TPSA) is 84.2 Å². The Kier molecular flexibility index (Phi) is 5.22. The molecule has 2 heterocycles. The molecule has 7 nitrogen and oxygen atoms in total. The van der Waals surface area contributed by atoms with E-state index in [2.05, 4.69) is 32.3 Å². The first-order valence-corrected chi connectivity index (χ1v) is 8.20. The molecule has 1 fully saturated rings. The van der Waals surface area contributed by atoms with E-state index in [1.54, 1.807) is 0 Å². The van der Waals surface area contributed by atoms with Crippen molar-refractivity contribution in [2.75, 3.05) is 18.4 Å². The third-order valence-electron chi connectivity index (χ3n) is 4.02. The molecule has 8 heteroatoms. The summed E-state index contributed by atoms with van der Waals surface area (Å²) in [4.78, 5) is 20.4. The van der Waals surface area contributed by atoms with Gasteiger partial charge < -0.3 is 5.32 Å². The molecule has 1 aromatic heterocycles. The summed E-state index contributed by atoms with van der Waals surface area (Å²) in [6, 6.07) is 8.23. The number of hydrogen-bond acceptors (Lipinski definition) is 6. The maximum atomic E-state index is 11.0. The Morgan fingerprint density at radius 3 is 2.54 bits per heavy atom. The molecule has 0 saturated carbocycles. The summed E-state index contributed by atoms with van der Waals surface area (Å²) in [6.45, 7) is 3.74. The van der Waals surface area contributed by atoms with Gasteiger partial charge >= 0.3 is 5.69 Å². The highest BCUT2D eigenvalue weighted by atomic mass is 35.5. The molecule has 1 aromatic carbocycles. The van der Waals surface area contributed by atoms with Crippen molar-refractivity contribution in [1.29, 1.82) is 0 Å². The van der Waals surface area contributed by atoms with Crippen molar-refractivity contribution in [2.24, 2.45) is 0 Å². The molecule has 2 aromatic rings. The standard InChI is InChI=1S/C16H18ClN5O2/c17-16-19-10-14(22(23)24)15(20-16)18-9-12-3-5-13(6-4-12)11-21-7-1-2-8-21/h3-6,10H,1-2,7-9,11H2,(H,18,19,20). The Morgan fingerprint density at radius 1 is 1.21 bits per heavy atom. The van der Waals surface area contributed by atoms with Crippen LogP contribution in [0.3, 0.4) is 0 Å². The van der Waals surface area contributed by atoms with Crippen LogP contribution in [0.1, 0.15) is 24.0 Å². The summed E-state index contributed by atoms with van der Waals surface area (Å²) in [6.07, 6.45) is 3.67. The Labute approximate surface area is 144 Å². The molecule has 1 N–H and O–H groups in total. The van der Waals surface area contributed by atoms with E-state index in [1.165, 1.54) is 31.5 Å². The van der Waals surface area contributed by atoms with E-state index in [4.69, 9.17) is 11.6 Å².